The highest BCUT2D eigenvalue weighted by atomic mass is 16.1. The Kier molecular flexibility index (Phi) is 5.03. The van der Waals surface area contributed by atoms with Gasteiger partial charge < -0.3 is 10.2 Å². The molecule has 3 heteroatoms. The van der Waals surface area contributed by atoms with Crippen LogP contribution in [0.25, 0.3) is 10.8 Å². The van der Waals surface area contributed by atoms with E-state index >= 15 is 0 Å². The number of carbonyl (C=O) groups is 1. The van der Waals surface area contributed by atoms with Crippen molar-refractivity contribution in [2.24, 2.45) is 0 Å². The zero-order chi connectivity index (χ0) is 17.8. The summed E-state index contributed by atoms with van der Waals surface area (Å²) in [7, 11) is 0. The molecule has 0 saturated carbocycles. The number of fused-ring (bicyclic) bond motifs is 1. The highest BCUT2D eigenvalue weighted by molar-refractivity contribution is 6.06. The van der Waals surface area contributed by atoms with E-state index in [0.717, 1.165) is 23.0 Å². The normalized spacial score (nSPS) is 10.9. The largest absolute Gasteiger partial charge is 0.369 e. The average Bonchev–Trinajstić information content (AvgIpc) is 2.63. The number of benzene rings is 3. The van der Waals surface area contributed by atoms with Crippen molar-refractivity contribution in [2.45, 2.75) is 26.8 Å². The van der Waals surface area contributed by atoms with Crippen molar-refractivity contribution < 1.29 is 4.79 Å². The van der Waals surface area contributed by atoms with Gasteiger partial charge in [-0.15, -0.1) is 0 Å². The minimum atomic E-state index is -0.0882. The molecule has 0 radical (unpaired) electrons. The molecule has 0 atom stereocenters. The highest BCUT2D eigenvalue weighted by Crippen LogP contribution is 2.21. The van der Waals surface area contributed by atoms with Crippen LogP contribution in [0.3, 0.4) is 0 Å². The Balaban J connectivity index is 1.75. The first-order valence-corrected chi connectivity index (χ1v) is 8.75. The van der Waals surface area contributed by atoms with Crippen LogP contribution in [0.15, 0.2) is 66.7 Å². The molecule has 0 fully saturated rings. The van der Waals surface area contributed by atoms with Gasteiger partial charge in [-0.3, -0.25) is 4.79 Å². The Morgan fingerprint density at radius 1 is 0.960 bits per heavy atom. The quantitative estimate of drug-likeness (QED) is 0.685. The maximum absolute atomic E-state index is 12.5. The lowest BCUT2D eigenvalue weighted by Crippen LogP contribution is -2.30. The predicted molar refractivity (Wildman–Crippen MR) is 106 cm³/mol. The van der Waals surface area contributed by atoms with Crippen molar-refractivity contribution in [1.82, 2.24) is 0 Å². The van der Waals surface area contributed by atoms with Gasteiger partial charge in [-0.2, -0.15) is 0 Å². The summed E-state index contributed by atoms with van der Waals surface area (Å²) in [4.78, 5) is 14.8. The maximum atomic E-state index is 12.5. The van der Waals surface area contributed by atoms with Crippen LogP contribution < -0.4 is 10.2 Å². The van der Waals surface area contributed by atoms with Crippen LogP contribution in [0.5, 0.6) is 0 Å². The lowest BCUT2D eigenvalue weighted by atomic mass is 10.1. The molecule has 0 aliphatic heterocycles. The SMILES string of the molecule is CCN(c1ccc(NC(=O)c2ccc3ccccc3c2)cc1)C(C)C. The van der Waals surface area contributed by atoms with E-state index in [2.05, 4.69) is 43.1 Å². The molecular formula is C22H24N2O. The molecule has 0 spiro atoms. The molecule has 1 amide bonds. The maximum Gasteiger partial charge on any atom is 0.255 e. The summed E-state index contributed by atoms with van der Waals surface area (Å²) in [6.07, 6.45) is 0. The summed E-state index contributed by atoms with van der Waals surface area (Å²) < 4.78 is 0. The minimum absolute atomic E-state index is 0.0882. The van der Waals surface area contributed by atoms with E-state index < -0.39 is 0 Å². The number of nitrogens with zero attached hydrogens (tertiary/aromatic N) is 1. The fourth-order valence-corrected chi connectivity index (χ4v) is 3.12. The van der Waals surface area contributed by atoms with Crippen LogP contribution in [0.1, 0.15) is 31.1 Å². The molecule has 0 unspecified atom stereocenters. The Labute approximate surface area is 149 Å². The number of anilines is 2. The zero-order valence-corrected chi connectivity index (χ0v) is 15.0. The fraction of sp³-hybridized carbons (Fsp3) is 0.227. The fourth-order valence-electron chi connectivity index (χ4n) is 3.12. The summed E-state index contributed by atoms with van der Waals surface area (Å²) in [5.41, 5.74) is 2.64. The molecule has 3 rings (SSSR count). The van der Waals surface area contributed by atoms with E-state index in [1.807, 2.05) is 54.6 Å². The number of amides is 1. The number of hydrogen-bond acceptors (Lipinski definition) is 2. The summed E-state index contributed by atoms with van der Waals surface area (Å²) in [5, 5.41) is 5.19. The third-order valence-corrected chi connectivity index (χ3v) is 4.43. The second-order valence-corrected chi connectivity index (χ2v) is 6.44. The summed E-state index contributed by atoms with van der Waals surface area (Å²) in [6.45, 7) is 7.47. The van der Waals surface area contributed by atoms with E-state index in [4.69, 9.17) is 0 Å². The van der Waals surface area contributed by atoms with E-state index in [0.29, 0.717) is 11.6 Å². The Morgan fingerprint density at radius 2 is 1.64 bits per heavy atom. The standard InChI is InChI=1S/C22H24N2O/c1-4-24(16(2)3)21-13-11-20(12-14-21)23-22(25)19-10-9-17-7-5-6-8-18(17)15-19/h5-16H,4H2,1-3H3,(H,23,25). The van der Waals surface area contributed by atoms with Gasteiger partial charge in [0, 0.05) is 29.5 Å². The first-order valence-electron chi connectivity index (χ1n) is 8.75. The Bertz CT molecular complexity index is 869. The molecular weight excluding hydrogens is 308 g/mol. The molecule has 0 aliphatic rings. The zero-order valence-electron chi connectivity index (χ0n) is 15.0. The van der Waals surface area contributed by atoms with Crippen molar-refractivity contribution in [1.29, 1.82) is 0 Å². The summed E-state index contributed by atoms with van der Waals surface area (Å²) >= 11 is 0. The third kappa shape index (κ3) is 3.82. The van der Waals surface area contributed by atoms with Gasteiger partial charge in [0.1, 0.15) is 0 Å². The molecule has 128 valence electrons. The monoisotopic (exact) mass is 332 g/mol. The molecule has 3 aromatic carbocycles. The van der Waals surface area contributed by atoms with Gasteiger partial charge >= 0.3 is 0 Å². The Morgan fingerprint density at radius 3 is 2.28 bits per heavy atom. The second kappa shape index (κ2) is 7.39. The van der Waals surface area contributed by atoms with E-state index in [1.165, 1.54) is 5.69 Å². The van der Waals surface area contributed by atoms with Crippen LogP contribution in [-0.4, -0.2) is 18.5 Å². The van der Waals surface area contributed by atoms with E-state index in [-0.39, 0.29) is 5.91 Å². The summed E-state index contributed by atoms with van der Waals surface area (Å²) in [6, 6.07) is 22.3. The molecule has 1 N–H and O–H groups in total. The third-order valence-electron chi connectivity index (χ3n) is 4.43. The van der Waals surface area contributed by atoms with E-state index in [9.17, 15) is 4.79 Å². The van der Waals surface area contributed by atoms with Gasteiger partial charge in [0.05, 0.1) is 0 Å². The summed E-state index contributed by atoms with van der Waals surface area (Å²) in [5.74, 6) is -0.0882. The van der Waals surface area contributed by atoms with Crippen molar-refractivity contribution >= 4 is 28.1 Å². The lowest BCUT2D eigenvalue weighted by molar-refractivity contribution is 0.102. The van der Waals surface area contributed by atoms with Gasteiger partial charge in [-0.25, -0.2) is 0 Å². The average molecular weight is 332 g/mol. The molecule has 25 heavy (non-hydrogen) atoms. The van der Waals surface area contributed by atoms with Crippen molar-refractivity contribution in [3.63, 3.8) is 0 Å². The minimum Gasteiger partial charge on any atom is -0.369 e. The number of hydrogen-bond donors (Lipinski definition) is 1. The molecule has 0 aliphatic carbocycles. The first kappa shape index (κ1) is 17.0. The number of rotatable bonds is 5. The van der Waals surface area contributed by atoms with Crippen molar-refractivity contribution in [3.8, 4) is 0 Å². The van der Waals surface area contributed by atoms with Gasteiger partial charge in [0.15, 0.2) is 0 Å². The molecule has 0 bridgehead atoms. The molecule has 0 aromatic heterocycles. The van der Waals surface area contributed by atoms with Crippen LogP contribution in [0.4, 0.5) is 11.4 Å². The van der Waals surface area contributed by atoms with Gasteiger partial charge in [0.25, 0.3) is 5.91 Å². The highest BCUT2D eigenvalue weighted by Gasteiger charge is 2.10. The smallest absolute Gasteiger partial charge is 0.255 e. The lowest BCUT2D eigenvalue weighted by Gasteiger charge is -2.27. The first-order chi connectivity index (χ1) is 12.1. The van der Waals surface area contributed by atoms with Crippen LogP contribution in [-0.2, 0) is 0 Å². The van der Waals surface area contributed by atoms with Gasteiger partial charge in [-0.05, 0) is 67.9 Å². The van der Waals surface area contributed by atoms with Crippen molar-refractivity contribution in [2.75, 3.05) is 16.8 Å². The van der Waals surface area contributed by atoms with Crippen LogP contribution >= 0.6 is 0 Å². The predicted octanol–water partition coefficient (Wildman–Crippen LogP) is 5.33. The molecule has 0 saturated heterocycles. The van der Waals surface area contributed by atoms with E-state index in [1.54, 1.807) is 0 Å². The van der Waals surface area contributed by atoms with Gasteiger partial charge in [0.2, 0.25) is 0 Å². The molecule has 0 heterocycles. The number of nitrogens with one attached hydrogen (secondary N) is 1. The van der Waals surface area contributed by atoms with Crippen LogP contribution in [0.2, 0.25) is 0 Å². The Hall–Kier alpha value is -2.81. The van der Waals surface area contributed by atoms with Crippen LogP contribution in [0, 0.1) is 0 Å². The molecule has 3 nitrogen and oxygen atoms in total. The second-order valence-electron chi connectivity index (χ2n) is 6.44. The topological polar surface area (TPSA) is 32.3 Å². The van der Waals surface area contributed by atoms with Crippen molar-refractivity contribution in [3.05, 3.63) is 72.3 Å². The number of carbonyl (C=O) groups excluding carboxylic acids is 1. The van der Waals surface area contributed by atoms with Gasteiger partial charge in [-0.1, -0.05) is 30.3 Å². The molecule has 3 aromatic rings.